The summed E-state index contributed by atoms with van der Waals surface area (Å²) < 4.78 is 0. The van der Waals surface area contributed by atoms with Crippen LogP contribution in [0.2, 0.25) is 0 Å². The standard InChI is InChI=1S/C6H12N4O/c1-4(2)8-6(11)5(3)9-10-7/h4-5H,1-3H3,(H,8,11)/t5-/m0/s1. The number of hydrogen-bond acceptors (Lipinski definition) is 2. The number of rotatable bonds is 3. The van der Waals surface area contributed by atoms with Crippen LogP contribution in [0.25, 0.3) is 10.4 Å². The second-order valence-electron chi connectivity index (χ2n) is 2.54. The largest absolute Gasteiger partial charge is 0.354 e. The molecule has 0 unspecified atom stereocenters. The van der Waals surface area contributed by atoms with Crippen LogP contribution in [0, 0.1) is 0 Å². The second kappa shape index (κ2) is 4.57. The normalized spacial score (nSPS) is 12.0. The molecule has 0 rings (SSSR count). The van der Waals surface area contributed by atoms with Crippen LogP contribution >= 0.6 is 0 Å². The van der Waals surface area contributed by atoms with Crippen molar-refractivity contribution >= 4 is 5.91 Å². The van der Waals surface area contributed by atoms with E-state index in [9.17, 15) is 4.79 Å². The van der Waals surface area contributed by atoms with Crippen LogP contribution in [0.3, 0.4) is 0 Å². The Morgan fingerprint density at radius 1 is 1.55 bits per heavy atom. The Bertz CT molecular complexity index is 183. The van der Waals surface area contributed by atoms with Gasteiger partial charge in [-0.25, -0.2) is 0 Å². The van der Waals surface area contributed by atoms with Crippen LogP contribution in [-0.2, 0) is 4.79 Å². The Kier molecular flexibility index (Phi) is 4.07. The van der Waals surface area contributed by atoms with E-state index in [4.69, 9.17) is 5.53 Å². The Morgan fingerprint density at radius 2 is 2.09 bits per heavy atom. The fourth-order valence-electron chi connectivity index (χ4n) is 0.535. The number of nitrogens with one attached hydrogen (secondary N) is 1. The van der Waals surface area contributed by atoms with Gasteiger partial charge in [0.2, 0.25) is 5.91 Å². The summed E-state index contributed by atoms with van der Waals surface area (Å²) in [6, 6.07) is -0.541. The van der Waals surface area contributed by atoms with Crippen LogP contribution in [0.1, 0.15) is 20.8 Å². The van der Waals surface area contributed by atoms with Gasteiger partial charge in [-0.2, -0.15) is 0 Å². The van der Waals surface area contributed by atoms with Gasteiger partial charge in [-0.05, 0) is 26.3 Å². The zero-order valence-electron chi connectivity index (χ0n) is 6.90. The number of amides is 1. The highest BCUT2D eigenvalue weighted by Gasteiger charge is 2.10. The van der Waals surface area contributed by atoms with Gasteiger partial charge in [-0.3, -0.25) is 4.79 Å². The Labute approximate surface area is 65.4 Å². The van der Waals surface area contributed by atoms with E-state index in [1.807, 2.05) is 13.8 Å². The van der Waals surface area contributed by atoms with Crippen LogP contribution < -0.4 is 5.32 Å². The topological polar surface area (TPSA) is 77.9 Å². The van der Waals surface area contributed by atoms with E-state index in [0.717, 1.165) is 0 Å². The molecule has 0 aliphatic heterocycles. The zero-order valence-corrected chi connectivity index (χ0v) is 6.90. The van der Waals surface area contributed by atoms with Crippen LogP contribution in [-0.4, -0.2) is 18.0 Å². The average molecular weight is 156 g/mol. The summed E-state index contributed by atoms with van der Waals surface area (Å²) in [5.74, 6) is -0.238. The smallest absolute Gasteiger partial charge is 0.228 e. The van der Waals surface area contributed by atoms with E-state index in [2.05, 4.69) is 15.3 Å². The van der Waals surface area contributed by atoms with Crippen LogP contribution in [0.5, 0.6) is 0 Å². The van der Waals surface area contributed by atoms with Gasteiger partial charge in [0.25, 0.3) is 0 Å². The molecule has 0 radical (unpaired) electrons. The lowest BCUT2D eigenvalue weighted by molar-refractivity contribution is -0.122. The fourth-order valence-corrected chi connectivity index (χ4v) is 0.535. The molecule has 0 heterocycles. The van der Waals surface area contributed by atoms with Gasteiger partial charge >= 0.3 is 0 Å². The van der Waals surface area contributed by atoms with Gasteiger partial charge in [-0.15, -0.1) is 0 Å². The first kappa shape index (κ1) is 9.78. The van der Waals surface area contributed by atoms with Crippen molar-refractivity contribution in [3.05, 3.63) is 10.4 Å². The molecule has 0 aromatic heterocycles. The molecule has 0 fully saturated rings. The molecule has 0 saturated carbocycles. The van der Waals surface area contributed by atoms with Crippen LogP contribution in [0.4, 0.5) is 0 Å². The average Bonchev–Trinajstić information content (AvgIpc) is 1.86. The van der Waals surface area contributed by atoms with Crippen molar-refractivity contribution in [1.82, 2.24) is 5.32 Å². The van der Waals surface area contributed by atoms with Crippen molar-refractivity contribution in [3.63, 3.8) is 0 Å². The summed E-state index contributed by atoms with van der Waals surface area (Å²) in [4.78, 5) is 13.5. The molecule has 0 aliphatic rings. The molecule has 62 valence electrons. The molecule has 0 saturated heterocycles. The Morgan fingerprint density at radius 3 is 2.45 bits per heavy atom. The highest BCUT2D eigenvalue weighted by molar-refractivity contribution is 5.81. The van der Waals surface area contributed by atoms with E-state index >= 15 is 0 Å². The van der Waals surface area contributed by atoms with Crippen molar-refractivity contribution in [2.45, 2.75) is 32.9 Å². The summed E-state index contributed by atoms with van der Waals surface area (Å²) >= 11 is 0. The first-order valence-corrected chi connectivity index (χ1v) is 3.42. The molecular formula is C6H12N4O. The number of carbonyl (C=O) groups is 1. The molecule has 5 nitrogen and oxygen atoms in total. The van der Waals surface area contributed by atoms with Gasteiger partial charge in [0.15, 0.2) is 0 Å². The van der Waals surface area contributed by atoms with Crippen molar-refractivity contribution < 1.29 is 4.79 Å². The second-order valence-corrected chi connectivity index (χ2v) is 2.54. The Balaban J connectivity index is 3.92. The molecule has 11 heavy (non-hydrogen) atoms. The summed E-state index contributed by atoms with van der Waals surface area (Å²) in [7, 11) is 0. The van der Waals surface area contributed by atoms with E-state index in [-0.39, 0.29) is 11.9 Å². The van der Waals surface area contributed by atoms with Gasteiger partial charge < -0.3 is 5.32 Å². The highest BCUT2D eigenvalue weighted by atomic mass is 16.2. The molecule has 0 aromatic carbocycles. The first-order valence-electron chi connectivity index (χ1n) is 3.42. The minimum atomic E-state index is -0.623. The highest BCUT2D eigenvalue weighted by Crippen LogP contribution is 1.90. The molecule has 0 aromatic rings. The monoisotopic (exact) mass is 156 g/mol. The lowest BCUT2D eigenvalue weighted by Crippen LogP contribution is -2.36. The van der Waals surface area contributed by atoms with Gasteiger partial charge in [0, 0.05) is 11.0 Å². The predicted octanol–water partition coefficient (Wildman–Crippen LogP) is 1.21. The van der Waals surface area contributed by atoms with Gasteiger partial charge in [0.05, 0.1) is 0 Å². The Hall–Kier alpha value is -1.22. The molecular weight excluding hydrogens is 144 g/mol. The lowest BCUT2D eigenvalue weighted by atomic mass is 10.3. The first-order chi connectivity index (χ1) is 5.07. The SMILES string of the molecule is CC(C)NC(=O)[C@H](C)N=[N+]=[N-]. The summed E-state index contributed by atoms with van der Waals surface area (Å²) in [6.07, 6.45) is 0. The van der Waals surface area contributed by atoms with E-state index in [0.29, 0.717) is 0 Å². The van der Waals surface area contributed by atoms with Gasteiger partial charge in [-0.1, -0.05) is 5.11 Å². The molecule has 1 atom stereocenters. The maximum absolute atomic E-state index is 11.0. The summed E-state index contributed by atoms with van der Waals surface area (Å²) in [6.45, 7) is 5.25. The van der Waals surface area contributed by atoms with Crippen LogP contribution in [0.15, 0.2) is 5.11 Å². The van der Waals surface area contributed by atoms with Gasteiger partial charge in [0.1, 0.15) is 6.04 Å². The third-order valence-corrected chi connectivity index (χ3v) is 1.04. The van der Waals surface area contributed by atoms with E-state index < -0.39 is 6.04 Å². The summed E-state index contributed by atoms with van der Waals surface area (Å²) in [5, 5.41) is 5.87. The maximum atomic E-state index is 11.0. The molecule has 0 spiro atoms. The molecule has 0 aliphatic carbocycles. The zero-order chi connectivity index (χ0) is 8.85. The minimum absolute atomic E-state index is 0.0823. The molecule has 0 bridgehead atoms. The minimum Gasteiger partial charge on any atom is -0.354 e. The molecule has 1 N–H and O–H groups in total. The third kappa shape index (κ3) is 4.22. The quantitative estimate of drug-likeness (QED) is 0.372. The van der Waals surface area contributed by atoms with Crippen molar-refractivity contribution in [2.75, 3.05) is 0 Å². The van der Waals surface area contributed by atoms with Crippen molar-refractivity contribution in [2.24, 2.45) is 5.11 Å². The predicted molar refractivity (Wildman–Crippen MR) is 41.9 cm³/mol. The number of carbonyl (C=O) groups excluding carboxylic acids is 1. The number of azide groups is 1. The third-order valence-electron chi connectivity index (χ3n) is 1.04. The lowest BCUT2D eigenvalue weighted by Gasteiger charge is -2.09. The van der Waals surface area contributed by atoms with E-state index in [1.165, 1.54) is 0 Å². The van der Waals surface area contributed by atoms with Crippen molar-refractivity contribution in [3.8, 4) is 0 Å². The molecule has 5 heteroatoms. The molecule has 1 amide bonds. The van der Waals surface area contributed by atoms with Crippen molar-refractivity contribution in [1.29, 1.82) is 0 Å². The summed E-state index contributed by atoms with van der Waals surface area (Å²) in [5.41, 5.74) is 8.00. The maximum Gasteiger partial charge on any atom is 0.228 e. The number of hydrogen-bond donors (Lipinski definition) is 1. The number of nitrogens with zero attached hydrogens (tertiary/aromatic N) is 3. The fraction of sp³-hybridized carbons (Fsp3) is 0.833. The van der Waals surface area contributed by atoms with E-state index in [1.54, 1.807) is 6.92 Å².